The standard InChI is InChI=1S/C6H9N3O2S.ClH/c10-12(11)6-4-8-9-2-1-7-3-5(6)9;/h4,7H,1-3H2,(H,10,11);1H. The van der Waals surface area contributed by atoms with Crippen molar-refractivity contribution in [2.24, 2.45) is 0 Å². The number of hydrogen-bond acceptors (Lipinski definition) is 3. The van der Waals surface area contributed by atoms with Gasteiger partial charge < -0.3 is 9.87 Å². The van der Waals surface area contributed by atoms with Gasteiger partial charge in [-0.05, 0) is 0 Å². The van der Waals surface area contributed by atoms with Crippen LogP contribution in [0.15, 0.2) is 11.1 Å². The van der Waals surface area contributed by atoms with E-state index in [0.29, 0.717) is 11.4 Å². The molecule has 1 aromatic rings. The van der Waals surface area contributed by atoms with E-state index in [-0.39, 0.29) is 12.4 Å². The molecule has 1 atom stereocenters. The highest BCUT2D eigenvalue weighted by molar-refractivity contribution is 7.79. The molecule has 0 spiro atoms. The minimum atomic E-state index is -1.91. The van der Waals surface area contributed by atoms with Gasteiger partial charge in [-0.1, -0.05) is 0 Å². The number of rotatable bonds is 1. The lowest BCUT2D eigenvalue weighted by atomic mass is 10.3. The van der Waals surface area contributed by atoms with Crippen LogP contribution in [-0.2, 0) is 24.2 Å². The molecule has 1 aromatic heterocycles. The molecule has 13 heavy (non-hydrogen) atoms. The summed E-state index contributed by atoms with van der Waals surface area (Å²) < 4.78 is 21.4. The molecule has 0 saturated carbocycles. The van der Waals surface area contributed by atoms with Crippen LogP contribution >= 0.6 is 12.4 Å². The quantitative estimate of drug-likeness (QED) is 0.658. The molecule has 0 amide bonds. The van der Waals surface area contributed by atoms with Crippen molar-refractivity contribution in [1.82, 2.24) is 15.1 Å². The highest BCUT2D eigenvalue weighted by atomic mass is 35.5. The highest BCUT2D eigenvalue weighted by Gasteiger charge is 2.17. The number of halogens is 1. The van der Waals surface area contributed by atoms with Crippen LogP contribution in [0.4, 0.5) is 0 Å². The zero-order valence-electron chi connectivity index (χ0n) is 6.77. The minimum absolute atomic E-state index is 0. The Hall–Kier alpha value is -0.430. The minimum Gasteiger partial charge on any atom is -0.309 e. The van der Waals surface area contributed by atoms with Crippen molar-refractivity contribution in [3.8, 4) is 0 Å². The van der Waals surface area contributed by atoms with Crippen molar-refractivity contribution in [1.29, 1.82) is 0 Å². The molecule has 74 valence electrons. The molecule has 1 aliphatic heterocycles. The van der Waals surface area contributed by atoms with E-state index in [4.69, 9.17) is 4.55 Å². The molecule has 0 bridgehead atoms. The molecule has 1 aliphatic rings. The molecule has 0 fully saturated rings. The van der Waals surface area contributed by atoms with Gasteiger partial charge >= 0.3 is 0 Å². The zero-order chi connectivity index (χ0) is 8.55. The van der Waals surface area contributed by atoms with E-state index in [2.05, 4.69) is 10.4 Å². The summed E-state index contributed by atoms with van der Waals surface area (Å²) in [6, 6.07) is 0. The lowest BCUT2D eigenvalue weighted by molar-refractivity contribution is 0.469. The third-order valence-corrected chi connectivity index (χ3v) is 2.61. The Labute approximate surface area is 84.2 Å². The number of fused-ring (bicyclic) bond motifs is 1. The van der Waals surface area contributed by atoms with Crippen molar-refractivity contribution in [3.05, 3.63) is 11.9 Å². The highest BCUT2D eigenvalue weighted by Crippen LogP contribution is 2.13. The fraction of sp³-hybridized carbons (Fsp3) is 0.500. The van der Waals surface area contributed by atoms with E-state index < -0.39 is 11.1 Å². The maximum Gasteiger partial charge on any atom is 0.190 e. The van der Waals surface area contributed by atoms with E-state index in [1.165, 1.54) is 6.20 Å². The summed E-state index contributed by atoms with van der Waals surface area (Å²) in [5, 5.41) is 7.12. The van der Waals surface area contributed by atoms with Gasteiger partial charge in [0.25, 0.3) is 0 Å². The van der Waals surface area contributed by atoms with Crippen LogP contribution in [0, 0.1) is 0 Å². The van der Waals surface area contributed by atoms with E-state index in [1.54, 1.807) is 4.68 Å². The first-order valence-electron chi connectivity index (χ1n) is 3.65. The monoisotopic (exact) mass is 223 g/mol. The van der Waals surface area contributed by atoms with E-state index in [9.17, 15) is 4.21 Å². The van der Waals surface area contributed by atoms with Crippen molar-refractivity contribution < 1.29 is 8.76 Å². The average molecular weight is 224 g/mol. The predicted molar refractivity (Wildman–Crippen MR) is 50.2 cm³/mol. The molecule has 0 aromatic carbocycles. The number of hydrogen-bond donors (Lipinski definition) is 2. The Morgan fingerprint density at radius 1 is 1.69 bits per heavy atom. The van der Waals surface area contributed by atoms with Gasteiger partial charge in [0.15, 0.2) is 11.1 Å². The number of nitrogens with zero attached hydrogens (tertiary/aromatic N) is 2. The Morgan fingerprint density at radius 2 is 2.46 bits per heavy atom. The third kappa shape index (κ3) is 1.91. The maximum absolute atomic E-state index is 10.8. The molecule has 0 radical (unpaired) electrons. The lowest BCUT2D eigenvalue weighted by Crippen LogP contribution is -2.29. The van der Waals surface area contributed by atoms with Crippen molar-refractivity contribution >= 4 is 23.5 Å². The van der Waals surface area contributed by atoms with Crippen molar-refractivity contribution in [3.63, 3.8) is 0 Å². The van der Waals surface area contributed by atoms with Gasteiger partial charge in [-0.25, -0.2) is 4.21 Å². The zero-order valence-corrected chi connectivity index (χ0v) is 8.40. The van der Waals surface area contributed by atoms with Gasteiger partial charge in [0, 0.05) is 13.1 Å². The first-order chi connectivity index (χ1) is 5.79. The summed E-state index contributed by atoms with van der Waals surface area (Å²) in [5.41, 5.74) is 0.821. The van der Waals surface area contributed by atoms with Crippen molar-refractivity contribution in [2.75, 3.05) is 6.54 Å². The fourth-order valence-corrected chi connectivity index (χ4v) is 1.82. The Bertz CT molecular complexity index is 328. The van der Waals surface area contributed by atoms with E-state index in [1.807, 2.05) is 0 Å². The second-order valence-electron chi connectivity index (χ2n) is 2.60. The number of nitrogens with one attached hydrogen (secondary N) is 1. The van der Waals surface area contributed by atoms with Gasteiger partial charge in [-0.15, -0.1) is 12.4 Å². The molecule has 7 heteroatoms. The maximum atomic E-state index is 10.8. The number of aromatic nitrogens is 2. The summed E-state index contributed by atoms with van der Waals surface area (Å²) in [5.74, 6) is 0. The largest absolute Gasteiger partial charge is 0.309 e. The molecule has 1 unspecified atom stereocenters. The van der Waals surface area contributed by atoms with Gasteiger partial charge in [0.2, 0.25) is 0 Å². The van der Waals surface area contributed by atoms with Crippen LogP contribution in [0.3, 0.4) is 0 Å². The van der Waals surface area contributed by atoms with Crippen LogP contribution in [-0.4, -0.2) is 25.1 Å². The smallest absolute Gasteiger partial charge is 0.190 e. The Morgan fingerprint density at radius 3 is 3.15 bits per heavy atom. The van der Waals surface area contributed by atoms with Gasteiger partial charge in [-0.3, -0.25) is 4.68 Å². The van der Waals surface area contributed by atoms with E-state index >= 15 is 0 Å². The van der Waals surface area contributed by atoms with Gasteiger partial charge in [-0.2, -0.15) is 5.10 Å². The molecular weight excluding hydrogens is 214 g/mol. The second kappa shape index (κ2) is 4.19. The van der Waals surface area contributed by atoms with Crippen LogP contribution in [0.2, 0.25) is 0 Å². The van der Waals surface area contributed by atoms with Crippen molar-refractivity contribution in [2.45, 2.75) is 18.0 Å². The van der Waals surface area contributed by atoms with Crippen LogP contribution < -0.4 is 5.32 Å². The Kier molecular flexibility index (Phi) is 3.43. The SMILES string of the molecule is Cl.O=S(O)c1cnn2c1CNCC2. The predicted octanol–water partition coefficient (Wildman–Crippen LogP) is -0.0113. The summed E-state index contributed by atoms with van der Waals surface area (Å²) in [6.07, 6.45) is 1.46. The molecular formula is C6H10ClN3O2S. The lowest BCUT2D eigenvalue weighted by Gasteiger charge is -2.14. The molecule has 2 heterocycles. The molecule has 2 rings (SSSR count). The van der Waals surface area contributed by atoms with Crippen LogP contribution in [0.5, 0.6) is 0 Å². The summed E-state index contributed by atoms with van der Waals surface area (Å²) >= 11 is -1.91. The average Bonchev–Trinajstić information content (AvgIpc) is 2.47. The molecule has 5 nitrogen and oxygen atoms in total. The van der Waals surface area contributed by atoms with E-state index in [0.717, 1.165) is 18.8 Å². The third-order valence-electron chi connectivity index (χ3n) is 1.89. The summed E-state index contributed by atoms with van der Waals surface area (Å²) in [4.78, 5) is 0.419. The second-order valence-corrected chi connectivity index (χ2v) is 3.54. The molecule has 0 saturated heterocycles. The van der Waals surface area contributed by atoms with Crippen LogP contribution in [0.25, 0.3) is 0 Å². The summed E-state index contributed by atoms with van der Waals surface area (Å²) in [6.45, 7) is 2.26. The first kappa shape index (κ1) is 10.6. The molecule has 2 N–H and O–H groups in total. The topological polar surface area (TPSA) is 67.1 Å². The Balaban J connectivity index is 0.000000845. The fourth-order valence-electron chi connectivity index (χ4n) is 1.30. The molecule has 0 aliphatic carbocycles. The van der Waals surface area contributed by atoms with Gasteiger partial charge in [0.1, 0.15) is 4.90 Å². The van der Waals surface area contributed by atoms with Crippen LogP contribution in [0.1, 0.15) is 5.69 Å². The summed E-state index contributed by atoms with van der Waals surface area (Å²) in [7, 11) is 0. The first-order valence-corrected chi connectivity index (χ1v) is 4.76. The van der Waals surface area contributed by atoms with Gasteiger partial charge in [0.05, 0.1) is 18.4 Å². The normalized spacial score (nSPS) is 17.3.